The van der Waals surface area contributed by atoms with Crippen LogP contribution >= 0.6 is 15.9 Å². The van der Waals surface area contributed by atoms with Gasteiger partial charge in [-0.05, 0) is 40.2 Å². The van der Waals surface area contributed by atoms with Gasteiger partial charge < -0.3 is 9.67 Å². The average Bonchev–Trinajstić information content (AvgIpc) is 2.53. The molecule has 2 aromatic rings. The lowest BCUT2D eigenvalue weighted by atomic mass is 10.3. The highest BCUT2D eigenvalue weighted by Crippen LogP contribution is 2.15. The van der Waals surface area contributed by atoms with Crippen LogP contribution in [0.25, 0.3) is 5.69 Å². The van der Waals surface area contributed by atoms with Crippen LogP contribution in [0.2, 0.25) is 0 Å². The molecular formula is C9H7BrN2O. The molecule has 0 unspecified atom stereocenters. The maximum Gasteiger partial charge on any atom is 0.124 e. The number of aromatic nitrogens is 2. The van der Waals surface area contributed by atoms with Gasteiger partial charge >= 0.3 is 0 Å². The third-order valence-corrected chi connectivity index (χ3v) is 2.11. The number of phenols is 1. The number of aromatic hydroxyl groups is 1. The fraction of sp³-hybridized carbons (Fsp3) is 0. The van der Waals surface area contributed by atoms with Crippen LogP contribution in [0.4, 0.5) is 0 Å². The topological polar surface area (TPSA) is 38.0 Å². The Bertz CT molecular complexity index is 408. The van der Waals surface area contributed by atoms with Crippen molar-refractivity contribution >= 4 is 15.9 Å². The number of benzene rings is 1. The van der Waals surface area contributed by atoms with Gasteiger partial charge in [-0.3, -0.25) is 0 Å². The molecular weight excluding hydrogens is 232 g/mol. The van der Waals surface area contributed by atoms with E-state index >= 15 is 0 Å². The minimum Gasteiger partial charge on any atom is -0.508 e. The standard InChI is InChI=1S/C9H7BrN2O/c10-9-5-12(6-11-9)7-1-3-8(13)4-2-7/h1-6,13H. The number of hydrogen-bond acceptors (Lipinski definition) is 2. The minimum absolute atomic E-state index is 0.267. The van der Waals surface area contributed by atoms with Crippen molar-refractivity contribution in [2.75, 3.05) is 0 Å². The van der Waals surface area contributed by atoms with Crippen molar-refractivity contribution in [1.29, 1.82) is 0 Å². The van der Waals surface area contributed by atoms with Crippen LogP contribution in [0.3, 0.4) is 0 Å². The fourth-order valence-electron chi connectivity index (χ4n) is 1.06. The monoisotopic (exact) mass is 238 g/mol. The van der Waals surface area contributed by atoms with Crippen molar-refractivity contribution in [3.63, 3.8) is 0 Å². The second-order valence-corrected chi connectivity index (χ2v) is 3.43. The van der Waals surface area contributed by atoms with Crippen LogP contribution in [0.1, 0.15) is 0 Å². The Morgan fingerprint density at radius 1 is 1.23 bits per heavy atom. The quantitative estimate of drug-likeness (QED) is 0.829. The molecule has 0 saturated carbocycles. The zero-order chi connectivity index (χ0) is 9.26. The van der Waals surface area contributed by atoms with Crippen molar-refractivity contribution in [2.24, 2.45) is 0 Å². The Kier molecular flexibility index (Phi) is 2.06. The van der Waals surface area contributed by atoms with Crippen LogP contribution < -0.4 is 0 Å². The normalized spacial score (nSPS) is 10.2. The number of rotatable bonds is 1. The van der Waals surface area contributed by atoms with Crippen LogP contribution in [0.5, 0.6) is 5.75 Å². The summed E-state index contributed by atoms with van der Waals surface area (Å²) >= 11 is 3.26. The van der Waals surface area contributed by atoms with Gasteiger partial charge in [0.25, 0.3) is 0 Å². The van der Waals surface area contributed by atoms with E-state index in [0.717, 1.165) is 10.3 Å². The highest BCUT2D eigenvalue weighted by molar-refractivity contribution is 9.10. The highest BCUT2D eigenvalue weighted by atomic mass is 79.9. The molecule has 4 heteroatoms. The van der Waals surface area contributed by atoms with E-state index in [-0.39, 0.29) is 5.75 Å². The first kappa shape index (κ1) is 8.31. The van der Waals surface area contributed by atoms with Crippen molar-refractivity contribution < 1.29 is 5.11 Å². The molecule has 0 aliphatic carbocycles. The van der Waals surface area contributed by atoms with Crippen LogP contribution in [0.15, 0.2) is 41.4 Å². The largest absolute Gasteiger partial charge is 0.508 e. The van der Waals surface area contributed by atoms with E-state index in [1.165, 1.54) is 0 Å². The van der Waals surface area contributed by atoms with Gasteiger partial charge in [0.1, 0.15) is 16.7 Å². The third-order valence-electron chi connectivity index (χ3n) is 1.70. The zero-order valence-electron chi connectivity index (χ0n) is 6.68. The second-order valence-electron chi connectivity index (χ2n) is 2.62. The molecule has 0 fully saturated rings. The van der Waals surface area contributed by atoms with Gasteiger partial charge in [0.05, 0.1) is 0 Å². The summed E-state index contributed by atoms with van der Waals surface area (Å²) in [6.07, 6.45) is 3.56. The van der Waals surface area contributed by atoms with Gasteiger partial charge in [-0.15, -0.1) is 0 Å². The first-order valence-corrected chi connectivity index (χ1v) is 4.54. The number of hydrogen-bond donors (Lipinski definition) is 1. The summed E-state index contributed by atoms with van der Waals surface area (Å²) in [4.78, 5) is 4.03. The van der Waals surface area contributed by atoms with Crippen molar-refractivity contribution in [1.82, 2.24) is 9.55 Å². The lowest BCUT2D eigenvalue weighted by Gasteiger charge is -2.00. The molecule has 0 saturated heterocycles. The van der Waals surface area contributed by atoms with E-state index in [0.29, 0.717) is 0 Å². The van der Waals surface area contributed by atoms with Gasteiger partial charge in [0.15, 0.2) is 0 Å². The van der Waals surface area contributed by atoms with E-state index in [1.807, 2.05) is 22.9 Å². The van der Waals surface area contributed by atoms with Gasteiger partial charge in [-0.1, -0.05) is 0 Å². The smallest absolute Gasteiger partial charge is 0.124 e. The molecule has 1 aromatic heterocycles. The summed E-state index contributed by atoms with van der Waals surface area (Å²) in [6.45, 7) is 0. The summed E-state index contributed by atoms with van der Waals surface area (Å²) in [7, 11) is 0. The minimum atomic E-state index is 0.267. The van der Waals surface area contributed by atoms with E-state index in [9.17, 15) is 0 Å². The number of imidazole rings is 1. The van der Waals surface area contributed by atoms with Gasteiger partial charge in [-0.2, -0.15) is 0 Å². The second kappa shape index (κ2) is 3.22. The third kappa shape index (κ3) is 1.72. The Morgan fingerprint density at radius 2 is 1.92 bits per heavy atom. The van der Waals surface area contributed by atoms with Gasteiger partial charge in [0, 0.05) is 11.9 Å². The Balaban J connectivity index is 2.41. The maximum atomic E-state index is 9.07. The van der Waals surface area contributed by atoms with E-state index in [2.05, 4.69) is 20.9 Å². The number of phenolic OH excluding ortho intramolecular Hbond substituents is 1. The van der Waals surface area contributed by atoms with Crippen LogP contribution in [0, 0.1) is 0 Å². The van der Waals surface area contributed by atoms with Gasteiger partial charge in [-0.25, -0.2) is 4.98 Å². The zero-order valence-corrected chi connectivity index (χ0v) is 8.27. The lowest BCUT2D eigenvalue weighted by Crippen LogP contribution is -1.87. The molecule has 0 bridgehead atoms. The van der Waals surface area contributed by atoms with E-state index < -0.39 is 0 Å². The number of nitrogens with zero attached hydrogens (tertiary/aromatic N) is 2. The van der Waals surface area contributed by atoms with Crippen LogP contribution in [-0.4, -0.2) is 14.7 Å². The summed E-state index contributed by atoms with van der Waals surface area (Å²) in [5, 5.41) is 9.07. The SMILES string of the molecule is Oc1ccc(-n2cnc(Br)c2)cc1. The molecule has 0 amide bonds. The molecule has 0 aliphatic rings. The number of halogens is 1. The van der Waals surface area contributed by atoms with E-state index in [1.54, 1.807) is 18.5 Å². The maximum absolute atomic E-state index is 9.07. The molecule has 0 radical (unpaired) electrons. The molecule has 3 nitrogen and oxygen atoms in total. The molecule has 1 aromatic carbocycles. The summed E-state index contributed by atoms with van der Waals surface area (Å²) in [5.41, 5.74) is 0.969. The summed E-state index contributed by atoms with van der Waals surface area (Å²) < 4.78 is 2.66. The Morgan fingerprint density at radius 3 is 2.46 bits per heavy atom. The first-order valence-electron chi connectivity index (χ1n) is 3.74. The Hall–Kier alpha value is -1.29. The molecule has 0 spiro atoms. The van der Waals surface area contributed by atoms with Crippen molar-refractivity contribution in [3.8, 4) is 11.4 Å². The molecule has 0 atom stereocenters. The lowest BCUT2D eigenvalue weighted by molar-refractivity contribution is 0.475. The average molecular weight is 239 g/mol. The molecule has 0 aliphatic heterocycles. The predicted octanol–water partition coefficient (Wildman–Crippen LogP) is 2.34. The molecule has 1 heterocycles. The van der Waals surface area contributed by atoms with Gasteiger partial charge in [0.2, 0.25) is 0 Å². The molecule has 1 N–H and O–H groups in total. The van der Waals surface area contributed by atoms with E-state index in [4.69, 9.17) is 5.11 Å². The van der Waals surface area contributed by atoms with Crippen LogP contribution in [-0.2, 0) is 0 Å². The summed E-state index contributed by atoms with van der Waals surface area (Å²) in [6, 6.07) is 6.93. The first-order chi connectivity index (χ1) is 6.25. The molecule has 2 rings (SSSR count). The van der Waals surface area contributed by atoms with Crippen molar-refractivity contribution in [3.05, 3.63) is 41.4 Å². The predicted molar refractivity (Wildman–Crippen MR) is 52.9 cm³/mol. The van der Waals surface area contributed by atoms with Crippen molar-refractivity contribution in [2.45, 2.75) is 0 Å². The fourth-order valence-corrected chi connectivity index (χ4v) is 1.38. The molecule has 13 heavy (non-hydrogen) atoms. The highest BCUT2D eigenvalue weighted by Gasteiger charge is 1.97. The Labute approximate surface area is 83.8 Å². The molecule has 66 valence electrons. The summed E-state index contributed by atoms with van der Waals surface area (Å²) in [5.74, 6) is 0.267.